The lowest BCUT2D eigenvalue weighted by atomic mass is 10.1. The highest BCUT2D eigenvalue weighted by atomic mass is 32.2. The van der Waals surface area contributed by atoms with E-state index in [0.29, 0.717) is 38.9 Å². The minimum Gasteiger partial charge on any atom is -0.497 e. The summed E-state index contributed by atoms with van der Waals surface area (Å²) < 4.78 is 17.7. The van der Waals surface area contributed by atoms with Crippen LogP contribution in [0.25, 0.3) is 16.9 Å². The SMILES string of the molecule is COc1ccc(OC)c(-c2csc(NC(=O)CSc3nnnn3-c3cc(C)ccc3OC)n2)c1. The molecule has 4 aromatic rings. The summed E-state index contributed by atoms with van der Waals surface area (Å²) >= 11 is 2.54. The number of carbonyl (C=O) groups is 1. The first-order valence-electron chi connectivity index (χ1n) is 10.1. The Bertz CT molecular complexity index is 1310. The van der Waals surface area contributed by atoms with Crippen LogP contribution in [0.4, 0.5) is 5.13 Å². The molecule has 0 fully saturated rings. The number of amides is 1. The van der Waals surface area contributed by atoms with Gasteiger partial charge in [0.05, 0.1) is 32.8 Å². The van der Waals surface area contributed by atoms with E-state index in [1.165, 1.54) is 23.1 Å². The van der Waals surface area contributed by atoms with E-state index in [0.717, 1.165) is 11.1 Å². The van der Waals surface area contributed by atoms with Crippen LogP contribution in [-0.2, 0) is 4.79 Å². The van der Waals surface area contributed by atoms with Crippen LogP contribution in [0, 0.1) is 6.92 Å². The molecule has 0 spiro atoms. The lowest BCUT2D eigenvalue weighted by Crippen LogP contribution is -2.14. The quantitative estimate of drug-likeness (QED) is 0.344. The van der Waals surface area contributed by atoms with Gasteiger partial charge in [-0.1, -0.05) is 17.8 Å². The highest BCUT2D eigenvalue weighted by Gasteiger charge is 2.17. The van der Waals surface area contributed by atoms with Crippen molar-refractivity contribution < 1.29 is 19.0 Å². The molecule has 0 atom stereocenters. The number of thioether (sulfide) groups is 1. The number of methoxy groups -OCH3 is 3. The number of rotatable bonds is 9. The van der Waals surface area contributed by atoms with Gasteiger partial charge in [-0.05, 0) is 53.2 Å². The molecule has 0 saturated carbocycles. The van der Waals surface area contributed by atoms with Crippen molar-refractivity contribution in [1.29, 1.82) is 0 Å². The lowest BCUT2D eigenvalue weighted by Gasteiger charge is -2.10. The number of anilines is 1. The molecule has 0 radical (unpaired) electrons. The number of thiazole rings is 1. The summed E-state index contributed by atoms with van der Waals surface area (Å²) in [6.45, 7) is 1.97. The average molecular weight is 499 g/mol. The van der Waals surface area contributed by atoms with Crippen LogP contribution in [0.1, 0.15) is 5.56 Å². The summed E-state index contributed by atoms with van der Waals surface area (Å²) in [6, 6.07) is 11.2. The maximum atomic E-state index is 12.6. The first-order valence-corrected chi connectivity index (χ1v) is 11.9. The molecule has 2 aromatic carbocycles. The minimum absolute atomic E-state index is 0.103. The van der Waals surface area contributed by atoms with Crippen molar-refractivity contribution in [1.82, 2.24) is 25.2 Å². The number of hydrogen-bond acceptors (Lipinski definition) is 10. The molecule has 0 saturated heterocycles. The number of tetrazole rings is 1. The second-order valence-corrected chi connectivity index (χ2v) is 8.79. The first kappa shape index (κ1) is 23.5. The van der Waals surface area contributed by atoms with Crippen molar-refractivity contribution in [3.63, 3.8) is 0 Å². The molecule has 176 valence electrons. The fourth-order valence-electron chi connectivity index (χ4n) is 3.14. The van der Waals surface area contributed by atoms with Crippen molar-refractivity contribution in [2.45, 2.75) is 12.1 Å². The summed E-state index contributed by atoms with van der Waals surface area (Å²) in [5.74, 6) is 1.86. The van der Waals surface area contributed by atoms with E-state index in [9.17, 15) is 4.79 Å². The average Bonchev–Trinajstić information content (AvgIpc) is 3.52. The molecule has 34 heavy (non-hydrogen) atoms. The number of ether oxygens (including phenoxy) is 3. The van der Waals surface area contributed by atoms with Crippen molar-refractivity contribution >= 4 is 34.1 Å². The molecule has 1 amide bonds. The number of carbonyl (C=O) groups excluding carboxylic acids is 1. The number of benzene rings is 2. The van der Waals surface area contributed by atoms with Gasteiger partial charge in [0.25, 0.3) is 0 Å². The predicted octanol–water partition coefficient (Wildman–Crippen LogP) is 3.85. The van der Waals surface area contributed by atoms with Crippen LogP contribution in [-0.4, -0.2) is 58.2 Å². The molecule has 0 bridgehead atoms. The highest BCUT2D eigenvalue weighted by molar-refractivity contribution is 7.99. The van der Waals surface area contributed by atoms with Crippen LogP contribution in [0.15, 0.2) is 46.9 Å². The second-order valence-electron chi connectivity index (χ2n) is 6.99. The molecular weight excluding hydrogens is 476 g/mol. The highest BCUT2D eigenvalue weighted by Crippen LogP contribution is 2.35. The number of aryl methyl sites for hydroxylation is 1. The van der Waals surface area contributed by atoms with Gasteiger partial charge >= 0.3 is 0 Å². The van der Waals surface area contributed by atoms with E-state index in [1.807, 2.05) is 48.7 Å². The number of aromatic nitrogens is 5. The molecule has 1 N–H and O–H groups in total. The van der Waals surface area contributed by atoms with Gasteiger partial charge in [-0.15, -0.1) is 16.4 Å². The number of hydrogen-bond donors (Lipinski definition) is 1. The van der Waals surface area contributed by atoms with Crippen molar-refractivity contribution in [2.24, 2.45) is 0 Å². The Hall–Kier alpha value is -3.64. The summed E-state index contributed by atoms with van der Waals surface area (Å²) in [5.41, 5.74) is 3.19. The fraction of sp³-hybridized carbons (Fsp3) is 0.227. The fourth-order valence-corrected chi connectivity index (χ4v) is 4.55. The lowest BCUT2D eigenvalue weighted by molar-refractivity contribution is -0.113. The van der Waals surface area contributed by atoms with Gasteiger partial charge in [-0.2, -0.15) is 4.68 Å². The standard InChI is InChI=1S/C22H22N6O4S2/c1-13-5-7-19(32-4)17(9-13)28-22(25-26-27-28)34-12-20(29)24-21-23-16(11-33-21)15-10-14(30-2)6-8-18(15)31-3/h5-11H,12H2,1-4H3,(H,23,24,29). The Morgan fingerprint density at radius 1 is 1.09 bits per heavy atom. The van der Waals surface area contributed by atoms with Gasteiger partial charge in [-0.3, -0.25) is 4.79 Å². The van der Waals surface area contributed by atoms with Gasteiger partial charge in [0.15, 0.2) is 5.13 Å². The van der Waals surface area contributed by atoms with Crippen molar-refractivity contribution in [3.8, 4) is 34.2 Å². The van der Waals surface area contributed by atoms with Crippen LogP contribution >= 0.6 is 23.1 Å². The van der Waals surface area contributed by atoms with E-state index < -0.39 is 0 Å². The summed E-state index contributed by atoms with van der Waals surface area (Å²) in [6.07, 6.45) is 0. The summed E-state index contributed by atoms with van der Waals surface area (Å²) in [4.78, 5) is 17.1. The van der Waals surface area contributed by atoms with Crippen LogP contribution in [0.2, 0.25) is 0 Å². The smallest absolute Gasteiger partial charge is 0.236 e. The third-order valence-electron chi connectivity index (χ3n) is 4.77. The van der Waals surface area contributed by atoms with Gasteiger partial charge in [-0.25, -0.2) is 4.98 Å². The molecule has 10 nitrogen and oxygen atoms in total. The normalized spacial score (nSPS) is 10.7. The molecule has 0 aliphatic carbocycles. The maximum Gasteiger partial charge on any atom is 0.236 e. The zero-order valence-corrected chi connectivity index (χ0v) is 20.6. The maximum absolute atomic E-state index is 12.6. The molecule has 0 unspecified atom stereocenters. The number of nitrogens with one attached hydrogen (secondary N) is 1. The molecule has 0 aliphatic heterocycles. The van der Waals surface area contributed by atoms with Gasteiger partial charge in [0.1, 0.15) is 22.9 Å². The van der Waals surface area contributed by atoms with E-state index >= 15 is 0 Å². The molecule has 12 heteroatoms. The molecule has 2 heterocycles. The Labute approximate surface area is 204 Å². The third-order valence-corrected chi connectivity index (χ3v) is 6.45. The van der Waals surface area contributed by atoms with E-state index in [1.54, 1.807) is 26.0 Å². The zero-order chi connectivity index (χ0) is 24.1. The topological polar surface area (TPSA) is 113 Å². The van der Waals surface area contributed by atoms with E-state index in [-0.39, 0.29) is 11.7 Å². The Kier molecular flexibility index (Phi) is 7.28. The largest absolute Gasteiger partial charge is 0.497 e. The van der Waals surface area contributed by atoms with E-state index in [2.05, 4.69) is 25.8 Å². The summed E-state index contributed by atoms with van der Waals surface area (Å²) in [7, 11) is 4.78. The van der Waals surface area contributed by atoms with Gasteiger partial charge < -0.3 is 19.5 Å². The van der Waals surface area contributed by atoms with Crippen molar-refractivity contribution in [2.75, 3.05) is 32.4 Å². The second kappa shape index (κ2) is 10.5. The first-order chi connectivity index (χ1) is 16.5. The zero-order valence-electron chi connectivity index (χ0n) is 18.9. The molecule has 2 aromatic heterocycles. The van der Waals surface area contributed by atoms with Gasteiger partial charge in [0.2, 0.25) is 11.1 Å². The molecule has 4 rings (SSSR count). The Morgan fingerprint density at radius 2 is 1.88 bits per heavy atom. The van der Waals surface area contributed by atoms with Gasteiger partial charge in [0, 0.05) is 10.9 Å². The monoisotopic (exact) mass is 498 g/mol. The molecule has 0 aliphatic rings. The predicted molar refractivity (Wildman–Crippen MR) is 130 cm³/mol. The van der Waals surface area contributed by atoms with E-state index in [4.69, 9.17) is 14.2 Å². The van der Waals surface area contributed by atoms with Crippen LogP contribution in [0.5, 0.6) is 17.2 Å². The summed E-state index contributed by atoms with van der Waals surface area (Å²) in [5, 5.41) is 17.5. The Balaban J connectivity index is 1.44. The molecular formula is C22H22N6O4S2. The number of nitrogens with zero attached hydrogens (tertiary/aromatic N) is 5. The third kappa shape index (κ3) is 5.13. The van der Waals surface area contributed by atoms with Crippen LogP contribution in [0.3, 0.4) is 0 Å². The van der Waals surface area contributed by atoms with Crippen LogP contribution < -0.4 is 19.5 Å². The minimum atomic E-state index is -0.228. The van der Waals surface area contributed by atoms with Crippen molar-refractivity contribution in [3.05, 3.63) is 47.3 Å². The Morgan fingerprint density at radius 3 is 2.65 bits per heavy atom.